The summed E-state index contributed by atoms with van der Waals surface area (Å²) >= 11 is 0. The zero-order chi connectivity index (χ0) is 35.3. The van der Waals surface area contributed by atoms with E-state index in [2.05, 4.69) is 15.7 Å². The molecule has 0 aromatic carbocycles. The number of nitrogens with zero attached hydrogens (tertiary/aromatic N) is 2. The Kier molecular flexibility index (Phi) is 27.0. The van der Waals surface area contributed by atoms with Gasteiger partial charge < -0.3 is 46.6 Å². The van der Waals surface area contributed by atoms with E-state index < -0.39 is 0 Å². The summed E-state index contributed by atoms with van der Waals surface area (Å²) in [5.41, 5.74) is 1.28. The Morgan fingerprint density at radius 1 is 0.579 bits per heavy atom. The number of halogens is 1. The summed E-state index contributed by atoms with van der Waals surface area (Å²) in [7, 11) is 0. The van der Waals surface area contributed by atoms with E-state index in [0.29, 0.717) is 17.4 Å². The van der Waals surface area contributed by atoms with Crippen molar-refractivity contribution in [3.63, 3.8) is 0 Å². The van der Waals surface area contributed by atoms with Gasteiger partial charge in [0.2, 0.25) is 0 Å². The maximum absolute atomic E-state index is 5.98. The van der Waals surface area contributed by atoms with Crippen LogP contribution < -0.4 is 22.3 Å². The molecule has 0 aromatic heterocycles. The molecular weight excluding hydrogens is 799 g/mol. The fourth-order valence-electron chi connectivity index (χ4n) is 12.6. The first kappa shape index (κ1) is 54.0. The van der Waals surface area contributed by atoms with Gasteiger partial charge in [0.15, 0.2) is 0 Å². The first-order valence-corrected chi connectivity index (χ1v) is 21.9. The van der Waals surface area contributed by atoms with Crippen LogP contribution >= 0.6 is 0 Å². The van der Waals surface area contributed by atoms with E-state index in [1.54, 1.807) is 19.3 Å². The van der Waals surface area contributed by atoms with Crippen LogP contribution in [0.25, 0.3) is 5.32 Å². The van der Waals surface area contributed by atoms with Crippen LogP contribution in [0.3, 0.4) is 0 Å². The van der Waals surface area contributed by atoms with Gasteiger partial charge in [-0.05, 0) is 155 Å². The molecule has 4 heterocycles. The third kappa shape index (κ3) is 17.5. The Labute approximate surface area is 376 Å². The maximum atomic E-state index is 5.98. The molecule has 12 fully saturated rings. The average Bonchev–Trinajstić information content (AvgIpc) is 3.17. The first-order valence-electron chi connectivity index (χ1n) is 21.9. The van der Waals surface area contributed by atoms with Crippen LogP contribution in [0.5, 0.6) is 0 Å². The fourth-order valence-corrected chi connectivity index (χ4v) is 12.6. The second-order valence-electron chi connectivity index (χ2n) is 18.5. The molecule has 57 heavy (non-hydrogen) atoms. The van der Waals surface area contributed by atoms with E-state index in [9.17, 15) is 0 Å². The van der Waals surface area contributed by atoms with Crippen LogP contribution in [0.1, 0.15) is 131 Å². The fraction of sp³-hybridized carbons (Fsp3) is 1.00. The summed E-state index contributed by atoms with van der Waals surface area (Å²) in [5, 5.41) is 9.33. The monoisotopic (exact) mass is 884 g/mol. The molecular formula is C45H86BrMgN3O7. The molecule has 8 saturated carbocycles. The number of nitrogens with one attached hydrogen (secondary N) is 1. The zero-order valence-electron chi connectivity index (χ0n) is 33.7. The van der Waals surface area contributed by atoms with Crippen LogP contribution in [0.15, 0.2) is 0 Å². The second kappa shape index (κ2) is 28.5. The SMILES string of the molecule is C.C.C.C1CCC(COOCCC23CC4CC(CC(C4)C2)C3)OC1.C1CN(OCCC23CC4CC(CC(C4)C2)C3)CCO1.C1COCCN1.C1COCC[N-]1.[Br-].[Mg+2]. The second-order valence-corrected chi connectivity index (χ2v) is 18.5. The largest absolute Gasteiger partial charge is 2.00 e. The molecule has 1 atom stereocenters. The molecule has 12 rings (SSSR count). The number of ether oxygens (including phenoxy) is 4. The zero-order valence-corrected chi connectivity index (χ0v) is 36.7. The summed E-state index contributed by atoms with van der Waals surface area (Å²) in [4.78, 5) is 16.9. The van der Waals surface area contributed by atoms with Crippen molar-refractivity contribution in [3.8, 4) is 0 Å². The first-order chi connectivity index (χ1) is 25.6. The molecule has 8 aliphatic carbocycles. The van der Waals surface area contributed by atoms with Crippen LogP contribution in [-0.2, 0) is 33.6 Å². The van der Waals surface area contributed by atoms with Gasteiger partial charge in [-0.1, -0.05) is 22.3 Å². The van der Waals surface area contributed by atoms with Gasteiger partial charge in [0.25, 0.3) is 0 Å². The summed E-state index contributed by atoms with van der Waals surface area (Å²) < 4.78 is 21.0. The Morgan fingerprint density at radius 3 is 1.44 bits per heavy atom. The molecule has 0 radical (unpaired) electrons. The molecule has 0 spiro atoms. The summed E-state index contributed by atoms with van der Waals surface area (Å²) in [6, 6.07) is 0. The molecule has 0 amide bonds. The van der Waals surface area contributed by atoms with Gasteiger partial charge in [0, 0.05) is 46.0 Å². The average molecular weight is 885 g/mol. The molecule has 1 unspecified atom stereocenters. The van der Waals surface area contributed by atoms with Gasteiger partial charge >= 0.3 is 23.1 Å². The molecule has 8 bridgehead atoms. The Bertz CT molecular complexity index is 908. The minimum absolute atomic E-state index is 0. The number of morpholine rings is 3. The minimum Gasteiger partial charge on any atom is -1.00 e. The van der Waals surface area contributed by atoms with Crippen molar-refractivity contribution in [1.29, 1.82) is 0 Å². The van der Waals surface area contributed by atoms with Gasteiger partial charge in [-0.2, -0.15) is 5.06 Å². The van der Waals surface area contributed by atoms with Crippen molar-refractivity contribution in [3.05, 3.63) is 5.32 Å². The Hall–Kier alpha value is 0.846. The third-order valence-corrected chi connectivity index (χ3v) is 14.2. The number of hydrogen-bond donors (Lipinski definition) is 1. The Morgan fingerprint density at radius 2 is 1.05 bits per heavy atom. The summed E-state index contributed by atoms with van der Waals surface area (Å²) in [6.07, 6.45) is 24.5. The van der Waals surface area contributed by atoms with Gasteiger partial charge in [-0.25, -0.2) is 9.78 Å². The van der Waals surface area contributed by atoms with E-state index in [0.717, 1.165) is 141 Å². The molecule has 0 aromatic rings. The van der Waals surface area contributed by atoms with Crippen LogP contribution in [-0.4, -0.2) is 140 Å². The molecule has 12 heteroatoms. The van der Waals surface area contributed by atoms with Gasteiger partial charge in [0.1, 0.15) is 6.61 Å². The molecule has 4 aliphatic heterocycles. The van der Waals surface area contributed by atoms with Crippen molar-refractivity contribution in [2.45, 2.75) is 138 Å². The molecule has 10 nitrogen and oxygen atoms in total. The molecule has 332 valence electrons. The van der Waals surface area contributed by atoms with Gasteiger partial charge in [-0.15, -0.1) is 13.1 Å². The van der Waals surface area contributed by atoms with Crippen molar-refractivity contribution in [2.75, 3.05) is 105 Å². The van der Waals surface area contributed by atoms with Crippen LogP contribution in [0, 0.1) is 46.3 Å². The normalized spacial score (nSPS) is 36.9. The number of rotatable bonds is 10. The van der Waals surface area contributed by atoms with Crippen molar-refractivity contribution >= 4 is 23.1 Å². The summed E-state index contributed by atoms with van der Waals surface area (Å²) in [6.45, 7) is 14.1. The van der Waals surface area contributed by atoms with Gasteiger partial charge in [0.05, 0.1) is 45.7 Å². The van der Waals surface area contributed by atoms with Crippen LogP contribution in [0.2, 0.25) is 0 Å². The van der Waals surface area contributed by atoms with E-state index in [1.165, 1.54) is 83.5 Å². The minimum atomic E-state index is 0. The van der Waals surface area contributed by atoms with Crippen LogP contribution in [0.4, 0.5) is 0 Å². The Balaban J connectivity index is 0.000000286. The number of hydrogen-bond acceptors (Lipinski definition) is 9. The summed E-state index contributed by atoms with van der Waals surface area (Å²) in [5.74, 6) is 6.30. The maximum Gasteiger partial charge on any atom is 2.00 e. The van der Waals surface area contributed by atoms with E-state index >= 15 is 0 Å². The molecule has 1 N–H and O–H groups in total. The van der Waals surface area contributed by atoms with Gasteiger partial charge in [-0.3, -0.25) is 4.84 Å². The number of hydroxylamine groups is 2. The topological polar surface area (TPSA) is 94.0 Å². The van der Waals surface area contributed by atoms with E-state index in [1.807, 2.05) is 0 Å². The van der Waals surface area contributed by atoms with Crippen molar-refractivity contribution in [1.82, 2.24) is 10.4 Å². The van der Waals surface area contributed by atoms with E-state index in [4.69, 9.17) is 33.6 Å². The quantitative estimate of drug-likeness (QED) is 0.132. The molecule has 12 aliphatic rings. The smallest absolute Gasteiger partial charge is 1.00 e. The predicted molar refractivity (Wildman–Crippen MR) is 228 cm³/mol. The predicted octanol–water partition coefficient (Wildman–Crippen LogP) is 5.49. The van der Waals surface area contributed by atoms with Crippen molar-refractivity contribution < 1.29 is 50.5 Å². The standard InChI is InChI=1S/C18H30O3.C16H27NO2.C4H9NO.C4H8NO.3CH4.BrH.Mg/c1-2-5-19-17(3-1)13-21-20-6-4-18-10-14-7-15(11-18)9-16(8-14)12-18;1(4-19-17-2-5-18-6-3-17)16-10-13-7-14(11-16)9-15(8-13)12-16;2*1-3-6-4-2-5-1;;;;;/h14-17H,1-13H2;13-15H,1-12H2;5H,1-4H2;1-4H2;3*1H4;1H;/q;;;-1;;;;;+2/p-1. The van der Waals surface area contributed by atoms with Crippen molar-refractivity contribution in [2.24, 2.45) is 46.3 Å². The third-order valence-electron chi connectivity index (χ3n) is 14.2. The van der Waals surface area contributed by atoms with E-state index in [-0.39, 0.29) is 68.4 Å². The molecule has 4 saturated heterocycles.